The minimum Gasteiger partial charge on any atom is -0.343 e. The van der Waals surface area contributed by atoms with Gasteiger partial charge in [-0.3, -0.25) is 4.79 Å². The van der Waals surface area contributed by atoms with E-state index in [9.17, 15) is 4.79 Å². The Kier molecular flexibility index (Phi) is 4.69. The van der Waals surface area contributed by atoms with E-state index in [1.165, 1.54) is 19.4 Å². The fourth-order valence-electron chi connectivity index (χ4n) is 3.70. The Bertz CT molecular complexity index is 500. The van der Waals surface area contributed by atoms with Crippen LogP contribution in [0.3, 0.4) is 0 Å². The molecule has 5 heteroatoms. The SMILES string of the molecule is CCn1cc(Br)cc1C(=O)N1CCC(C2CCCN2)CC1. The van der Waals surface area contributed by atoms with E-state index in [4.69, 9.17) is 0 Å². The van der Waals surface area contributed by atoms with Crippen molar-refractivity contribution >= 4 is 21.8 Å². The van der Waals surface area contributed by atoms with Gasteiger partial charge < -0.3 is 14.8 Å². The molecule has 0 bridgehead atoms. The van der Waals surface area contributed by atoms with Gasteiger partial charge in [0, 0.05) is 36.3 Å². The lowest BCUT2D eigenvalue weighted by Gasteiger charge is -2.35. The molecule has 2 saturated heterocycles. The average Bonchev–Trinajstić information content (AvgIpc) is 3.16. The van der Waals surface area contributed by atoms with Crippen LogP contribution in [-0.4, -0.2) is 41.1 Å². The van der Waals surface area contributed by atoms with Crippen molar-refractivity contribution < 1.29 is 4.79 Å². The van der Waals surface area contributed by atoms with Gasteiger partial charge in [0.1, 0.15) is 5.69 Å². The lowest BCUT2D eigenvalue weighted by Crippen LogP contribution is -2.43. The van der Waals surface area contributed by atoms with Gasteiger partial charge in [-0.25, -0.2) is 0 Å². The maximum absolute atomic E-state index is 12.7. The molecule has 0 spiro atoms. The Morgan fingerprint density at radius 1 is 1.38 bits per heavy atom. The average molecular weight is 354 g/mol. The molecule has 0 saturated carbocycles. The molecular formula is C16H24BrN3O. The van der Waals surface area contributed by atoms with Crippen molar-refractivity contribution in [1.82, 2.24) is 14.8 Å². The third-order valence-electron chi connectivity index (χ3n) is 4.92. The van der Waals surface area contributed by atoms with Gasteiger partial charge in [-0.1, -0.05) is 0 Å². The van der Waals surface area contributed by atoms with Crippen LogP contribution in [0.15, 0.2) is 16.7 Å². The first-order chi connectivity index (χ1) is 10.2. The lowest BCUT2D eigenvalue weighted by molar-refractivity contribution is 0.0663. The Morgan fingerprint density at radius 2 is 2.14 bits per heavy atom. The molecule has 3 heterocycles. The zero-order valence-corrected chi connectivity index (χ0v) is 14.2. The molecule has 1 atom stereocenters. The van der Waals surface area contributed by atoms with E-state index in [0.29, 0.717) is 6.04 Å². The molecule has 1 amide bonds. The molecule has 2 aliphatic rings. The standard InChI is InChI=1S/C16H24BrN3O/c1-2-19-11-13(17)10-15(19)16(21)20-8-5-12(6-9-20)14-4-3-7-18-14/h10-12,14,18H,2-9H2,1H3. The van der Waals surface area contributed by atoms with Gasteiger partial charge in [-0.15, -0.1) is 0 Å². The number of hydrogen-bond donors (Lipinski definition) is 1. The molecule has 1 N–H and O–H groups in total. The van der Waals surface area contributed by atoms with Crippen molar-refractivity contribution in [2.24, 2.45) is 5.92 Å². The number of aromatic nitrogens is 1. The van der Waals surface area contributed by atoms with Crippen LogP contribution in [0.25, 0.3) is 0 Å². The van der Waals surface area contributed by atoms with Crippen LogP contribution >= 0.6 is 15.9 Å². The second-order valence-corrected chi connectivity index (χ2v) is 7.08. The van der Waals surface area contributed by atoms with Gasteiger partial charge in [0.15, 0.2) is 0 Å². The lowest BCUT2D eigenvalue weighted by atomic mass is 9.88. The van der Waals surface area contributed by atoms with Crippen molar-refractivity contribution in [3.05, 3.63) is 22.4 Å². The maximum Gasteiger partial charge on any atom is 0.270 e. The molecule has 21 heavy (non-hydrogen) atoms. The number of nitrogens with zero attached hydrogens (tertiary/aromatic N) is 2. The largest absolute Gasteiger partial charge is 0.343 e. The molecule has 0 aliphatic carbocycles. The first kappa shape index (κ1) is 15.1. The minimum absolute atomic E-state index is 0.181. The number of nitrogens with one attached hydrogen (secondary N) is 1. The smallest absolute Gasteiger partial charge is 0.270 e. The quantitative estimate of drug-likeness (QED) is 0.906. The Balaban J connectivity index is 1.62. The molecule has 1 aromatic heterocycles. The summed E-state index contributed by atoms with van der Waals surface area (Å²) < 4.78 is 3.01. The zero-order chi connectivity index (χ0) is 14.8. The maximum atomic E-state index is 12.7. The van der Waals surface area contributed by atoms with Crippen LogP contribution in [0.5, 0.6) is 0 Å². The number of likely N-dealkylation sites (tertiary alicyclic amines) is 1. The van der Waals surface area contributed by atoms with Crippen LogP contribution in [0, 0.1) is 5.92 Å². The van der Waals surface area contributed by atoms with Crippen molar-refractivity contribution in [2.45, 2.75) is 45.2 Å². The summed E-state index contributed by atoms with van der Waals surface area (Å²) in [6.07, 6.45) is 6.88. The predicted molar refractivity (Wildman–Crippen MR) is 87.5 cm³/mol. The van der Waals surface area contributed by atoms with Crippen molar-refractivity contribution in [3.8, 4) is 0 Å². The van der Waals surface area contributed by atoms with Crippen molar-refractivity contribution in [1.29, 1.82) is 0 Å². The first-order valence-electron chi connectivity index (χ1n) is 8.07. The van der Waals surface area contributed by atoms with Crippen LogP contribution in [0.4, 0.5) is 0 Å². The van der Waals surface area contributed by atoms with Crippen LogP contribution < -0.4 is 5.32 Å². The van der Waals surface area contributed by atoms with Crippen molar-refractivity contribution in [2.75, 3.05) is 19.6 Å². The van der Waals surface area contributed by atoms with Crippen LogP contribution in [0.2, 0.25) is 0 Å². The summed E-state index contributed by atoms with van der Waals surface area (Å²) in [6.45, 7) is 5.86. The number of amides is 1. The van der Waals surface area contributed by atoms with E-state index >= 15 is 0 Å². The number of rotatable bonds is 3. The van der Waals surface area contributed by atoms with Crippen LogP contribution in [0.1, 0.15) is 43.1 Å². The Morgan fingerprint density at radius 3 is 2.76 bits per heavy atom. The number of halogens is 1. The summed E-state index contributed by atoms with van der Waals surface area (Å²) in [5.41, 5.74) is 0.807. The summed E-state index contributed by atoms with van der Waals surface area (Å²) in [7, 11) is 0. The molecule has 1 aromatic rings. The zero-order valence-electron chi connectivity index (χ0n) is 12.6. The van der Waals surface area contributed by atoms with E-state index < -0.39 is 0 Å². The molecular weight excluding hydrogens is 330 g/mol. The summed E-state index contributed by atoms with van der Waals surface area (Å²) in [6, 6.07) is 2.63. The highest BCUT2D eigenvalue weighted by Crippen LogP contribution is 2.27. The third kappa shape index (κ3) is 3.19. The van der Waals surface area contributed by atoms with Crippen molar-refractivity contribution in [3.63, 3.8) is 0 Å². The highest BCUT2D eigenvalue weighted by atomic mass is 79.9. The summed E-state index contributed by atoms with van der Waals surface area (Å²) >= 11 is 3.47. The fraction of sp³-hybridized carbons (Fsp3) is 0.688. The highest BCUT2D eigenvalue weighted by Gasteiger charge is 2.30. The van der Waals surface area contributed by atoms with Gasteiger partial charge in [0.05, 0.1) is 0 Å². The molecule has 1 unspecified atom stereocenters. The molecule has 4 nitrogen and oxygen atoms in total. The van der Waals surface area contributed by atoms with E-state index in [1.54, 1.807) is 0 Å². The van der Waals surface area contributed by atoms with E-state index in [0.717, 1.165) is 48.6 Å². The van der Waals surface area contributed by atoms with E-state index in [2.05, 4.69) is 28.2 Å². The fourth-order valence-corrected chi connectivity index (χ4v) is 4.16. The van der Waals surface area contributed by atoms with Crippen LogP contribution in [-0.2, 0) is 6.54 Å². The highest BCUT2D eigenvalue weighted by molar-refractivity contribution is 9.10. The van der Waals surface area contributed by atoms with Gasteiger partial charge in [-0.2, -0.15) is 0 Å². The Hall–Kier alpha value is -0.810. The second-order valence-electron chi connectivity index (χ2n) is 6.16. The molecule has 116 valence electrons. The molecule has 3 rings (SSSR count). The molecule has 2 aliphatic heterocycles. The first-order valence-corrected chi connectivity index (χ1v) is 8.86. The molecule has 0 aromatic carbocycles. The Labute approximate surface area is 135 Å². The van der Waals surface area contributed by atoms with E-state index in [-0.39, 0.29) is 5.91 Å². The summed E-state index contributed by atoms with van der Waals surface area (Å²) in [4.78, 5) is 14.7. The number of carbonyl (C=O) groups excluding carboxylic acids is 1. The van der Waals surface area contributed by atoms with Gasteiger partial charge in [0.2, 0.25) is 0 Å². The number of aryl methyl sites for hydroxylation is 1. The number of piperidine rings is 1. The van der Waals surface area contributed by atoms with E-state index in [1.807, 2.05) is 21.7 Å². The topological polar surface area (TPSA) is 37.3 Å². The predicted octanol–water partition coefficient (Wildman–Crippen LogP) is 2.87. The second kappa shape index (κ2) is 6.53. The number of carbonyl (C=O) groups is 1. The van der Waals surface area contributed by atoms with Gasteiger partial charge >= 0.3 is 0 Å². The monoisotopic (exact) mass is 353 g/mol. The van der Waals surface area contributed by atoms with Gasteiger partial charge in [0.25, 0.3) is 5.91 Å². The summed E-state index contributed by atoms with van der Waals surface area (Å²) in [5, 5.41) is 3.61. The normalized spacial score (nSPS) is 23.7. The van der Waals surface area contributed by atoms with Gasteiger partial charge in [-0.05, 0) is 67.1 Å². The minimum atomic E-state index is 0.181. The summed E-state index contributed by atoms with van der Waals surface area (Å²) in [5.74, 6) is 0.932. The molecule has 2 fully saturated rings. The third-order valence-corrected chi connectivity index (χ3v) is 5.35. The number of hydrogen-bond acceptors (Lipinski definition) is 2. The molecule has 0 radical (unpaired) electrons.